The molecule has 1 rings (SSSR count). The van der Waals surface area contributed by atoms with Gasteiger partial charge in [0.15, 0.2) is 0 Å². The largest absolute Gasteiger partial charge is 0.390 e. The Morgan fingerprint density at radius 3 is 2.50 bits per heavy atom. The molecule has 1 aliphatic rings. The first-order valence-corrected chi connectivity index (χ1v) is 5.00. The van der Waals surface area contributed by atoms with Gasteiger partial charge in [-0.1, -0.05) is 11.6 Å². The Bertz CT molecular complexity index is 246. The number of allylic oxidation sites excluding steroid dienone is 1. The van der Waals surface area contributed by atoms with Gasteiger partial charge in [-0.15, -0.1) is 0 Å². The molecule has 2 N–H and O–H groups in total. The fourth-order valence-electron chi connectivity index (χ4n) is 1.21. The van der Waals surface area contributed by atoms with Crippen LogP contribution in [0.25, 0.3) is 0 Å². The Kier molecular flexibility index (Phi) is 4.22. The third-order valence-corrected chi connectivity index (χ3v) is 2.70. The number of rotatable bonds is 2. The molecule has 5 heteroatoms. The van der Waals surface area contributed by atoms with Crippen LogP contribution in [-0.2, 0) is 4.74 Å². The topological polar surface area (TPSA) is 48.4 Å². The minimum Gasteiger partial charge on any atom is -0.390 e. The maximum Gasteiger partial charge on any atom is 0.141 e. The van der Waals surface area contributed by atoms with Crippen LogP contribution in [0.4, 0.5) is 0 Å². The van der Waals surface area contributed by atoms with E-state index in [1.807, 2.05) is 11.8 Å². The number of nitrogens with one attached hydrogen (secondary N) is 2. The van der Waals surface area contributed by atoms with Gasteiger partial charge in [0, 0.05) is 25.8 Å². The summed E-state index contributed by atoms with van der Waals surface area (Å²) in [6.07, 6.45) is 0. The van der Waals surface area contributed by atoms with Gasteiger partial charge in [0.25, 0.3) is 0 Å². The Balaban J connectivity index is 2.63. The monoisotopic (exact) mass is 217 g/mol. The third-order valence-electron chi connectivity index (χ3n) is 2.24. The summed E-state index contributed by atoms with van der Waals surface area (Å²) in [6, 6.07) is 0. The van der Waals surface area contributed by atoms with Crippen LogP contribution in [0.2, 0.25) is 0 Å². The van der Waals surface area contributed by atoms with Crippen LogP contribution in [0.5, 0.6) is 0 Å². The lowest BCUT2D eigenvalue weighted by atomic mass is 10.3. The molecule has 0 aromatic heterocycles. The van der Waals surface area contributed by atoms with E-state index < -0.39 is 0 Å². The molecule has 1 aliphatic heterocycles. The zero-order chi connectivity index (χ0) is 10.6. The second-order valence-corrected chi connectivity index (χ2v) is 3.51. The minimum absolute atomic E-state index is 0.377. The van der Waals surface area contributed by atoms with Crippen LogP contribution in [0.3, 0.4) is 0 Å². The predicted molar refractivity (Wildman–Crippen MR) is 57.7 cm³/mol. The number of amidine groups is 1. The van der Waals surface area contributed by atoms with Gasteiger partial charge >= 0.3 is 0 Å². The summed E-state index contributed by atoms with van der Waals surface area (Å²) in [5.74, 6) is 0.377. The molecule has 0 radical (unpaired) electrons. The molecule has 80 valence electrons. The molecule has 0 bridgehead atoms. The molecule has 0 aromatic rings. The van der Waals surface area contributed by atoms with Crippen molar-refractivity contribution >= 4 is 17.4 Å². The van der Waals surface area contributed by atoms with Gasteiger partial charge in [-0.05, 0) is 6.92 Å². The number of morpholine rings is 1. The van der Waals surface area contributed by atoms with E-state index in [1.54, 1.807) is 7.05 Å². The van der Waals surface area contributed by atoms with E-state index in [-0.39, 0.29) is 0 Å². The highest BCUT2D eigenvalue weighted by Crippen LogP contribution is 2.12. The Hall–Kier alpha value is -0.740. The van der Waals surface area contributed by atoms with E-state index in [0.29, 0.717) is 24.1 Å². The van der Waals surface area contributed by atoms with Crippen LogP contribution in [0.1, 0.15) is 6.92 Å². The molecule has 0 spiro atoms. The molecule has 0 atom stereocenters. The molecule has 4 nitrogen and oxygen atoms in total. The summed E-state index contributed by atoms with van der Waals surface area (Å²) in [7, 11) is 1.80. The number of nitrogens with zero attached hydrogens (tertiary/aromatic N) is 1. The van der Waals surface area contributed by atoms with Crippen molar-refractivity contribution in [2.75, 3.05) is 33.4 Å². The van der Waals surface area contributed by atoms with Crippen molar-refractivity contribution in [3.05, 3.63) is 10.7 Å². The lowest BCUT2D eigenvalue weighted by Crippen LogP contribution is -2.40. The summed E-state index contributed by atoms with van der Waals surface area (Å²) >= 11 is 6.03. The molecular formula is C9H16ClN3O. The first-order chi connectivity index (χ1) is 6.66. The van der Waals surface area contributed by atoms with Crippen LogP contribution in [-0.4, -0.2) is 44.1 Å². The van der Waals surface area contributed by atoms with Crippen LogP contribution in [0, 0.1) is 5.41 Å². The number of ether oxygens (including phenoxy) is 1. The summed E-state index contributed by atoms with van der Waals surface area (Å²) in [6.45, 7) is 4.69. The Labute approximate surface area is 89.4 Å². The Morgan fingerprint density at radius 1 is 1.43 bits per heavy atom. The molecule has 0 aromatic carbocycles. The minimum atomic E-state index is 0.377. The first-order valence-electron chi connectivity index (χ1n) is 4.62. The van der Waals surface area contributed by atoms with Gasteiger partial charge in [0.05, 0.1) is 13.2 Å². The van der Waals surface area contributed by atoms with Crippen LogP contribution < -0.4 is 5.32 Å². The lowest BCUT2D eigenvalue weighted by molar-refractivity contribution is 0.0680. The first kappa shape index (κ1) is 11.3. The van der Waals surface area contributed by atoms with Crippen LogP contribution in [0.15, 0.2) is 10.7 Å². The highest BCUT2D eigenvalue weighted by Gasteiger charge is 2.17. The van der Waals surface area contributed by atoms with E-state index >= 15 is 0 Å². The Morgan fingerprint density at radius 2 is 2.00 bits per heavy atom. The van der Waals surface area contributed by atoms with Gasteiger partial charge in [-0.3, -0.25) is 5.41 Å². The van der Waals surface area contributed by atoms with Crippen molar-refractivity contribution < 1.29 is 4.74 Å². The number of halogens is 1. The normalized spacial score (nSPS) is 18.9. The highest BCUT2D eigenvalue weighted by atomic mass is 35.5. The van der Waals surface area contributed by atoms with Gasteiger partial charge < -0.3 is 15.0 Å². The van der Waals surface area contributed by atoms with Crippen molar-refractivity contribution in [3.63, 3.8) is 0 Å². The quantitative estimate of drug-likeness (QED) is 0.536. The standard InChI is InChI=1S/C9H16ClN3O/c1-7(12-2)8(10)9(11)13-3-5-14-6-4-13/h11-12H,3-6H2,1-2H3. The lowest BCUT2D eigenvalue weighted by Gasteiger charge is -2.29. The van der Waals surface area contributed by atoms with Gasteiger partial charge in [0.2, 0.25) is 0 Å². The average Bonchev–Trinajstić information content (AvgIpc) is 2.27. The SMILES string of the molecule is CNC(C)=C(Cl)C(=N)N1CCOCC1. The molecule has 0 aliphatic carbocycles. The van der Waals surface area contributed by atoms with Crippen molar-refractivity contribution in [2.24, 2.45) is 0 Å². The zero-order valence-corrected chi connectivity index (χ0v) is 9.32. The molecule has 0 saturated carbocycles. The summed E-state index contributed by atoms with van der Waals surface area (Å²) in [5, 5.41) is 11.3. The molecule has 0 amide bonds. The van der Waals surface area contributed by atoms with E-state index in [0.717, 1.165) is 18.8 Å². The smallest absolute Gasteiger partial charge is 0.141 e. The van der Waals surface area contributed by atoms with E-state index in [2.05, 4.69) is 5.32 Å². The average molecular weight is 218 g/mol. The second-order valence-electron chi connectivity index (χ2n) is 3.14. The van der Waals surface area contributed by atoms with Gasteiger partial charge in [-0.25, -0.2) is 0 Å². The summed E-state index contributed by atoms with van der Waals surface area (Å²) in [4.78, 5) is 1.92. The van der Waals surface area contributed by atoms with Crippen molar-refractivity contribution in [3.8, 4) is 0 Å². The predicted octanol–water partition coefficient (Wildman–Crippen LogP) is 0.986. The van der Waals surface area contributed by atoms with Gasteiger partial charge in [0.1, 0.15) is 10.9 Å². The zero-order valence-electron chi connectivity index (χ0n) is 8.56. The molecule has 1 heterocycles. The van der Waals surface area contributed by atoms with E-state index in [9.17, 15) is 0 Å². The highest BCUT2D eigenvalue weighted by molar-refractivity contribution is 6.42. The third kappa shape index (κ3) is 2.62. The fourth-order valence-corrected chi connectivity index (χ4v) is 1.43. The molecule has 0 unspecified atom stereocenters. The molecule has 14 heavy (non-hydrogen) atoms. The molecule has 1 fully saturated rings. The number of hydrogen-bond acceptors (Lipinski definition) is 3. The summed E-state index contributed by atoms with van der Waals surface area (Å²) in [5.41, 5.74) is 0.822. The fraction of sp³-hybridized carbons (Fsp3) is 0.667. The number of hydrogen-bond donors (Lipinski definition) is 2. The van der Waals surface area contributed by atoms with E-state index in [1.165, 1.54) is 0 Å². The molecule has 1 saturated heterocycles. The van der Waals surface area contributed by atoms with Crippen LogP contribution >= 0.6 is 11.6 Å². The maximum absolute atomic E-state index is 7.86. The van der Waals surface area contributed by atoms with Crippen molar-refractivity contribution in [1.82, 2.24) is 10.2 Å². The van der Waals surface area contributed by atoms with Crippen molar-refractivity contribution in [1.29, 1.82) is 5.41 Å². The summed E-state index contributed by atoms with van der Waals surface area (Å²) < 4.78 is 5.20. The second kappa shape index (κ2) is 5.22. The maximum atomic E-state index is 7.86. The van der Waals surface area contributed by atoms with Crippen molar-refractivity contribution in [2.45, 2.75) is 6.92 Å². The molecular weight excluding hydrogens is 202 g/mol. The van der Waals surface area contributed by atoms with Gasteiger partial charge in [-0.2, -0.15) is 0 Å². The van der Waals surface area contributed by atoms with E-state index in [4.69, 9.17) is 21.7 Å².